The zero-order valence-corrected chi connectivity index (χ0v) is 12.1. The first-order valence-corrected chi connectivity index (χ1v) is 7.37. The maximum absolute atomic E-state index is 13.2. The highest BCUT2D eigenvalue weighted by molar-refractivity contribution is 5.94. The minimum atomic E-state index is -4.25. The predicted octanol–water partition coefficient (Wildman–Crippen LogP) is 1.83. The molecule has 122 valence electrons. The summed E-state index contributed by atoms with van der Waals surface area (Å²) in [6.45, 7) is 0.211. The molecule has 2 fully saturated rings. The highest BCUT2D eigenvalue weighted by Crippen LogP contribution is 2.72. The van der Waals surface area contributed by atoms with Gasteiger partial charge >= 0.3 is 6.18 Å². The molecule has 0 aromatic carbocycles. The molecule has 4 rings (SSSR count). The maximum Gasteiger partial charge on any atom is 0.396 e. The number of H-pyrrole nitrogens is 1. The Kier molecular flexibility index (Phi) is 2.82. The second-order valence-electron chi connectivity index (χ2n) is 6.43. The van der Waals surface area contributed by atoms with Crippen LogP contribution < -0.4 is 10.6 Å². The number of fused-ring (bicyclic) bond motifs is 2. The average Bonchev–Trinajstić information content (AvgIpc) is 2.86. The first kappa shape index (κ1) is 14.5. The third kappa shape index (κ3) is 1.97. The van der Waals surface area contributed by atoms with Gasteiger partial charge in [-0.1, -0.05) is 0 Å². The Balaban J connectivity index is 1.48. The largest absolute Gasteiger partial charge is 0.396 e. The zero-order chi connectivity index (χ0) is 16.3. The van der Waals surface area contributed by atoms with Crippen molar-refractivity contribution in [3.63, 3.8) is 0 Å². The molecule has 3 heterocycles. The number of hydrogen-bond acceptors (Lipinski definition) is 3. The lowest BCUT2D eigenvalue weighted by atomic mass is 9.95. The Labute approximate surface area is 129 Å². The molecule has 2 aromatic rings. The Morgan fingerprint density at radius 2 is 2.13 bits per heavy atom. The molecule has 1 aliphatic heterocycles. The quantitative estimate of drug-likeness (QED) is 0.807. The van der Waals surface area contributed by atoms with Crippen LogP contribution in [0.2, 0.25) is 0 Å². The van der Waals surface area contributed by atoms with Crippen LogP contribution >= 0.6 is 0 Å². The lowest BCUT2D eigenvalue weighted by molar-refractivity contribution is -0.190. The van der Waals surface area contributed by atoms with E-state index in [0.717, 1.165) is 5.52 Å². The van der Waals surface area contributed by atoms with Gasteiger partial charge in [0.25, 0.3) is 5.91 Å². The fourth-order valence-corrected chi connectivity index (χ4v) is 3.73. The average molecular weight is 324 g/mol. The molecule has 8 heteroatoms. The van der Waals surface area contributed by atoms with Crippen LogP contribution in [-0.4, -0.2) is 41.7 Å². The Morgan fingerprint density at radius 1 is 1.30 bits per heavy atom. The van der Waals surface area contributed by atoms with Crippen LogP contribution in [0, 0.1) is 10.8 Å². The number of alkyl halides is 3. The summed E-state index contributed by atoms with van der Waals surface area (Å²) < 4.78 is 39.7. The smallest absolute Gasteiger partial charge is 0.360 e. The van der Waals surface area contributed by atoms with E-state index in [1.165, 1.54) is 0 Å². The lowest BCUT2D eigenvalue weighted by Gasteiger charge is -2.20. The van der Waals surface area contributed by atoms with Crippen molar-refractivity contribution in [1.29, 1.82) is 0 Å². The van der Waals surface area contributed by atoms with E-state index >= 15 is 0 Å². The molecule has 0 spiro atoms. The van der Waals surface area contributed by atoms with Gasteiger partial charge in [0.1, 0.15) is 5.69 Å². The van der Waals surface area contributed by atoms with Crippen molar-refractivity contribution in [1.82, 2.24) is 20.6 Å². The highest BCUT2D eigenvalue weighted by Gasteiger charge is 2.81. The summed E-state index contributed by atoms with van der Waals surface area (Å²) in [5.74, 6) is -0.447. The van der Waals surface area contributed by atoms with Crippen LogP contribution in [0.1, 0.15) is 16.9 Å². The van der Waals surface area contributed by atoms with Crippen molar-refractivity contribution >= 4 is 16.9 Å². The van der Waals surface area contributed by atoms with Crippen molar-refractivity contribution in [3.8, 4) is 0 Å². The van der Waals surface area contributed by atoms with Crippen LogP contribution in [0.3, 0.4) is 0 Å². The molecule has 23 heavy (non-hydrogen) atoms. The molecule has 1 saturated carbocycles. The highest BCUT2D eigenvalue weighted by atomic mass is 19.4. The van der Waals surface area contributed by atoms with E-state index in [1.54, 1.807) is 24.4 Å². The van der Waals surface area contributed by atoms with Crippen LogP contribution in [0.5, 0.6) is 0 Å². The molecule has 2 atom stereocenters. The second-order valence-corrected chi connectivity index (χ2v) is 6.43. The first-order chi connectivity index (χ1) is 10.9. The van der Waals surface area contributed by atoms with Crippen molar-refractivity contribution in [2.75, 3.05) is 19.6 Å². The van der Waals surface area contributed by atoms with E-state index in [1.807, 2.05) is 0 Å². The van der Waals surface area contributed by atoms with E-state index in [0.29, 0.717) is 5.52 Å². The van der Waals surface area contributed by atoms with Gasteiger partial charge in [-0.05, 0) is 24.6 Å². The lowest BCUT2D eigenvalue weighted by Crippen LogP contribution is -2.37. The SMILES string of the molecule is O=C(NC[C@]12CNC[C@@]1(C(F)(F)F)C2)c1ccc2[nH]ccc2n1. The fraction of sp³-hybridized carbons (Fsp3) is 0.467. The number of hydrogen-bond donors (Lipinski definition) is 3. The van der Waals surface area contributed by atoms with E-state index < -0.39 is 22.9 Å². The van der Waals surface area contributed by atoms with Gasteiger partial charge in [0, 0.05) is 31.2 Å². The van der Waals surface area contributed by atoms with Crippen LogP contribution in [0.25, 0.3) is 11.0 Å². The molecule has 1 aliphatic carbocycles. The number of amides is 1. The van der Waals surface area contributed by atoms with Gasteiger partial charge in [0.2, 0.25) is 0 Å². The van der Waals surface area contributed by atoms with E-state index in [2.05, 4.69) is 20.6 Å². The number of carbonyl (C=O) groups is 1. The van der Waals surface area contributed by atoms with E-state index in [9.17, 15) is 18.0 Å². The summed E-state index contributed by atoms with van der Waals surface area (Å²) in [6.07, 6.45) is -2.46. The summed E-state index contributed by atoms with van der Waals surface area (Å²) in [5, 5.41) is 5.43. The van der Waals surface area contributed by atoms with Crippen LogP contribution in [0.4, 0.5) is 13.2 Å². The molecule has 1 saturated heterocycles. The minimum absolute atomic E-state index is 0.00516. The number of nitrogens with zero attached hydrogens (tertiary/aromatic N) is 1. The first-order valence-electron chi connectivity index (χ1n) is 7.37. The number of pyridine rings is 1. The van der Waals surface area contributed by atoms with Crippen molar-refractivity contribution in [2.24, 2.45) is 10.8 Å². The van der Waals surface area contributed by atoms with Gasteiger partial charge in [0.05, 0.1) is 16.4 Å². The number of aromatic amines is 1. The van der Waals surface area contributed by atoms with Gasteiger partial charge in [-0.2, -0.15) is 13.2 Å². The van der Waals surface area contributed by atoms with Gasteiger partial charge in [-0.15, -0.1) is 0 Å². The Hall–Kier alpha value is -2.09. The number of nitrogens with one attached hydrogen (secondary N) is 3. The molecule has 5 nitrogen and oxygen atoms in total. The third-order valence-corrected chi connectivity index (χ3v) is 5.19. The van der Waals surface area contributed by atoms with Crippen LogP contribution in [-0.2, 0) is 0 Å². The number of aromatic nitrogens is 2. The molecule has 3 N–H and O–H groups in total. The molecular weight excluding hydrogens is 309 g/mol. The van der Waals surface area contributed by atoms with Crippen LogP contribution in [0.15, 0.2) is 24.4 Å². The standard InChI is InChI=1S/C15H15F3N4O/c16-15(17,18)14-5-13(14,6-19-8-14)7-21-12(23)11-2-1-9-10(22-11)3-4-20-9/h1-4,19-20H,5-8H2,(H,21,23)/t13-,14-/m0/s1. The monoisotopic (exact) mass is 324 g/mol. The molecular formula is C15H15F3N4O. The molecule has 2 aromatic heterocycles. The van der Waals surface area contributed by atoms with Gasteiger partial charge in [-0.25, -0.2) is 4.98 Å². The topological polar surface area (TPSA) is 69.8 Å². The summed E-state index contributed by atoms with van der Waals surface area (Å²) in [4.78, 5) is 19.4. The Morgan fingerprint density at radius 3 is 2.87 bits per heavy atom. The van der Waals surface area contributed by atoms with Crippen molar-refractivity contribution in [2.45, 2.75) is 12.6 Å². The fourth-order valence-electron chi connectivity index (χ4n) is 3.73. The zero-order valence-electron chi connectivity index (χ0n) is 12.1. The summed E-state index contributed by atoms with van der Waals surface area (Å²) >= 11 is 0. The van der Waals surface area contributed by atoms with Gasteiger partial charge in [-0.3, -0.25) is 4.79 Å². The summed E-state index contributed by atoms with van der Waals surface area (Å²) in [6, 6.07) is 5.02. The molecule has 0 bridgehead atoms. The predicted molar refractivity (Wildman–Crippen MR) is 76.8 cm³/mol. The second kappa shape index (κ2) is 4.47. The van der Waals surface area contributed by atoms with Gasteiger partial charge in [0.15, 0.2) is 0 Å². The number of rotatable bonds is 3. The van der Waals surface area contributed by atoms with E-state index in [-0.39, 0.29) is 31.7 Å². The number of halogens is 3. The number of carbonyl (C=O) groups excluding carboxylic acids is 1. The molecule has 1 amide bonds. The summed E-state index contributed by atoms with van der Waals surface area (Å²) in [7, 11) is 0. The summed E-state index contributed by atoms with van der Waals surface area (Å²) in [5.41, 5.74) is -0.949. The molecule has 0 unspecified atom stereocenters. The molecule has 0 radical (unpaired) electrons. The van der Waals surface area contributed by atoms with Crippen molar-refractivity contribution in [3.05, 3.63) is 30.1 Å². The molecule has 2 aliphatic rings. The normalized spacial score (nSPS) is 29.5. The van der Waals surface area contributed by atoms with E-state index in [4.69, 9.17) is 0 Å². The van der Waals surface area contributed by atoms with Crippen molar-refractivity contribution < 1.29 is 18.0 Å². The third-order valence-electron chi connectivity index (χ3n) is 5.19. The minimum Gasteiger partial charge on any atom is -0.360 e. The maximum atomic E-state index is 13.2. The van der Waals surface area contributed by atoms with Gasteiger partial charge < -0.3 is 15.6 Å². The Bertz CT molecular complexity index is 786. The number of piperidine rings is 1.